The number of urea groups is 1. The molecule has 0 atom stereocenters. The van der Waals surface area contributed by atoms with E-state index in [2.05, 4.69) is 38.0 Å². The van der Waals surface area contributed by atoms with Crippen LogP contribution in [0.3, 0.4) is 0 Å². The summed E-state index contributed by atoms with van der Waals surface area (Å²) in [5.41, 5.74) is 3.66. The summed E-state index contributed by atoms with van der Waals surface area (Å²) in [6.45, 7) is 10.5. The number of pyridine rings is 1. The van der Waals surface area contributed by atoms with Gasteiger partial charge in [0, 0.05) is 11.9 Å². The fraction of sp³-hybridized carbons (Fsp3) is 0.435. The van der Waals surface area contributed by atoms with Gasteiger partial charge in [0.25, 0.3) is 0 Å². The lowest BCUT2D eigenvalue weighted by Gasteiger charge is -2.25. The number of hydrogen-bond donors (Lipinski definition) is 1. The Morgan fingerprint density at radius 3 is 2.21 bits per heavy atom. The Morgan fingerprint density at radius 2 is 1.69 bits per heavy atom. The minimum absolute atomic E-state index is 0.142. The van der Waals surface area contributed by atoms with Crippen LogP contribution in [0.15, 0.2) is 42.6 Å². The van der Waals surface area contributed by atoms with Gasteiger partial charge in [-0.1, -0.05) is 52.0 Å². The van der Waals surface area contributed by atoms with Gasteiger partial charge in [0.05, 0.1) is 18.8 Å². The van der Waals surface area contributed by atoms with E-state index >= 15 is 0 Å². The molecule has 1 heterocycles. The maximum absolute atomic E-state index is 13.2. The van der Waals surface area contributed by atoms with E-state index in [9.17, 15) is 9.59 Å². The molecule has 156 valence electrons. The molecule has 6 heteroatoms. The molecular formula is C23H31N3O3. The monoisotopic (exact) mass is 397 g/mol. The van der Waals surface area contributed by atoms with Gasteiger partial charge in [0.1, 0.15) is 6.54 Å². The summed E-state index contributed by atoms with van der Waals surface area (Å²) in [5, 5.41) is 3.06. The molecule has 1 N–H and O–H groups in total. The zero-order valence-electron chi connectivity index (χ0n) is 17.9. The number of anilines is 1. The van der Waals surface area contributed by atoms with E-state index in [0.29, 0.717) is 5.69 Å². The third-order valence-corrected chi connectivity index (χ3v) is 4.60. The van der Waals surface area contributed by atoms with E-state index in [1.54, 1.807) is 13.1 Å². The van der Waals surface area contributed by atoms with Crippen molar-refractivity contribution in [3.05, 3.63) is 59.4 Å². The number of ether oxygens (including phenoxy) is 1. The van der Waals surface area contributed by atoms with Crippen LogP contribution in [0.4, 0.5) is 10.5 Å². The molecule has 2 amide bonds. The number of amides is 2. The first kappa shape index (κ1) is 22.4. The van der Waals surface area contributed by atoms with Crippen LogP contribution < -0.4 is 5.32 Å². The number of rotatable bonds is 8. The number of esters is 1. The molecule has 1 aromatic heterocycles. The van der Waals surface area contributed by atoms with E-state index in [4.69, 9.17) is 4.74 Å². The maximum Gasteiger partial charge on any atom is 0.325 e. The Balaban J connectivity index is 2.32. The predicted octanol–water partition coefficient (Wildman–Crippen LogP) is 4.93. The number of nitrogens with zero attached hydrogens (tertiary/aromatic N) is 2. The number of nitrogens with one attached hydrogen (secondary N) is 1. The molecule has 0 saturated heterocycles. The van der Waals surface area contributed by atoms with Crippen molar-refractivity contribution in [2.75, 3.05) is 18.5 Å². The van der Waals surface area contributed by atoms with Gasteiger partial charge in [-0.05, 0) is 42.0 Å². The molecule has 0 aliphatic heterocycles. The van der Waals surface area contributed by atoms with Crippen molar-refractivity contribution in [2.45, 2.75) is 53.0 Å². The molecular weight excluding hydrogens is 366 g/mol. The van der Waals surface area contributed by atoms with Gasteiger partial charge in [-0.3, -0.25) is 9.78 Å². The average molecular weight is 398 g/mol. The Morgan fingerprint density at radius 1 is 1.03 bits per heavy atom. The van der Waals surface area contributed by atoms with Gasteiger partial charge in [-0.15, -0.1) is 0 Å². The second-order valence-electron chi connectivity index (χ2n) is 7.53. The summed E-state index contributed by atoms with van der Waals surface area (Å²) in [4.78, 5) is 31.0. The van der Waals surface area contributed by atoms with Gasteiger partial charge < -0.3 is 15.0 Å². The SMILES string of the molecule is CCOC(=O)CN(Cc1ccccn1)C(=O)Nc1c(C(C)C)cccc1C(C)C. The zero-order chi connectivity index (χ0) is 21.4. The summed E-state index contributed by atoms with van der Waals surface area (Å²) in [6.07, 6.45) is 1.67. The minimum Gasteiger partial charge on any atom is -0.465 e. The Hall–Kier alpha value is -2.89. The summed E-state index contributed by atoms with van der Waals surface area (Å²) in [5.74, 6) is 0.0522. The van der Waals surface area contributed by atoms with Crippen LogP contribution in [0.1, 0.15) is 63.3 Å². The molecule has 0 saturated carbocycles. The highest BCUT2D eigenvalue weighted by atomic mass is 16.5. The number of para-hydroxylation sites is 1. The van der Waals surface area contributed by atoms with Gasteiger partial charge in [-0.25, -0.2) is 4.79 Å². The van der Waals surface area contributed by atoms with Gasteiger partial charge >= 0.3 is 12.0 Å². The van der Waals surface area contributed by atoms with E-state index in [0.717, 1.165) is 16.8 Å². The van der Waals surface area contributed by atoms with Gasteiger partial charge in [-0.2, -0.15) is 0 Å². The lowest BCUT2D eigenvalue weighted by molar-refractivity contribution is -0.143. The second kappa shape index (κ2) is 10.6. The second-order valence-corrected chi connectivity index (χ2v) is 7.53. The molecule has 0 spiro atoms. The topological polar surface area (TPSA) is 71.5 Å². The molecule has 0 unspecified atom stereocenters. The van der Waals surface area contributed by atoms with Crippen LogP contribution in [-0.4, -0.2) is 35.0 Å². The van der Waals surface area contributed by atoms with Crippen molar-refractivity contribution in [3.8, 4) is 0 Å². The number of aromatic nitrogens is 1. The van der Waals surface area contributed by atoms with Crippen molar-refractivity contribution < 1.29 is 14.3 Å². The van der Waals surface area contributed by atoms with Gasteiger partial charge in [0.2, 0.25) is 0 Å². The first-order valence-electron chi connectivity index (χ1n) is 10.1. The fourth-order valence-corrected chi connectivity index (χ4v) is 3.13. The van der Waals surface area contributed by atoms with E-state index in [-0.39, 0.29) is 37.6 Å². The fourth-order valence-electron chi connectivity index (χ4n) is 3.13. The van der Waals surface area contributed by atoms with E-state index in [1.165, 1.54) is 4.90 Å². The summed E-state index contributed by atoms with van der Waals surface area (Å²) in [6, 6.07) is 11.2. The summed E-state index contributed by atoms with van der Waals surface area (Å²) >= 11 is 0. The number of hydrogen-bond acceptors (Lipinski definition) is 4. The highest BCUT2D eigenvalue weighted by molar-refractivity contribution is 5.93. The molecule has 0 aliphatic rings. The number of carbonyl (C=O) groups excluding carboxylic acids is 2. The Bertz CT molecular complexity index is 793. The van der Waals surface area contributed by atoms with Crippen LogP contribution in [0.25, 0.3) is 0 Å². The molecule has 0 bridgehead atoms. The molecule has 2 aromatic rings. The van der Waals surface area contributed by atoms with Crippen LogP contribution in [-0.2, 0) is 16.1 Å². The van der Waals surface area contributed by atoms with Gasteiger partial charge in [0.15, 0.2) is 0 Å². The van der Waals surface area contributed by atoms with E-state index < -0.39 is 5.97 Å². The Kier molecular flexibility index (Phi) is 8.19. The lowest BCUT2D eigenvalue weighted by atomic mass is 9.93. The molecule has 6 nitrogen and oxygen atoms in total. The smallest absolute Gasteiger partial charge is 0.325 e. The van der Waals surface area contributed by atoms with Crippen molar-refractivity contribution in [2.24, 2.45) is 0 Å². The first-order valence-corrected chi connectivity index (χ1v) is 10.1. The van der Waals surface area contributed by atoms with Crippen molar-refractivity contribution in [1.82, 2.24) is 9.88 Å². The summed E-state index contributed by atoms with van der Waals surface area (Å²) in [7, 11) is 0. The maximum atomic E-state index is 13.2. The van der Waals surface area contributed by atoms with Crippen LogP contribution >= 0.6 is 0 Å². The van der Waals surface area contributed by atoms with Crippen LogP contribution in [0, 0.1) is 0 Å². The zero-order valence-corrected chi connectivity index (χ0v) is 17.9. The molecule has 0 radical (unpaired) electrons. The first-order chi connectivity index (χ1) is 13.8. The molecule has 29 heavy (non-hydrogen) atoms. The minimum atomic E-state index is -0.445. The van der Waals surface area contributed by atoms with Crippen LogP contribution in [0.2, 0.25) is 0 Å². The Labute approximate surface area is 173 Å². The normalized spacial score (nSPS) is 10.9. The van der Waals surface area contributed by atoms with Crippen molar-refractivity contribution in [3.63, 3.8) is 0 Å². The lowest BCUT2D eigenvalue weighted by Crippen LogP contribution is -2.39. The number of carbonyl (C=O) groups is 2. The molecule has 1 aromatic carbocycles. The average Bonchev–Trinajstić information content (AvgIpc) is 2.68. The largest absolute Gasteiger partial charge is 0.465 e. The summed E-state index contributed by atoms with van der Waals surface area (Å²) < 4.78 is 5.05. The van der Waals surface area contributed by atoms with Crippen molar-refractivity contribution in [1.29, 1.82) is 0 Å². The third-order valence-electron chi connectivity index (χ3n) is 4.60. The highest BCUT2D eigenvalue weighted by Gasteiger charge is 2.22. The van der Waals surface area contributed by atoms with E-state index in [1.807, 2.05) is 36.4 Å². The molecule has 0 aliphatic carbocycles. The van der Waals surface area contributed by atoms with Crippen LogP contribution in [0.5, 0.6) is 0 Å². The third kappa shape index (κ3) is 6.31. The van der Waals surface area contributed by atoms with Crippen molar-refractivity contribution >= 4 is 17.7 Å². The highest BCUT2D eigenvalue weighted by Crippen LogP contribution is 2.32. The molecule has 0 fully saturated rings. The quantitative estimate of drug-likeness (QED) is 0.642. The number of benzene rings is 1. The standard InChI is InChI=1S/C23H31N3O3/c1-6-29-21(27)15-26(14-18-10-7-8-13-24-18)23(28)25-22-19(16(2)3)11-9-12-20(22)17(4)5/h7-13,16-17H,6,14-15H2,1-5H3,(H,25,28). The molecule has 2 rings (SSSR count). The predicted molar refractivity (Wildman–Crippen MR) is 115 cm³/mol.